The van der Waals surface area contributed by atoms with E-state index in [9.17, 15) is 28.1 Å². The maximum absolute atomic E-state index is 13.5. The number of para-hydroxylation sites is 1. The van der Waals surface area contributed by atoms with Crippen molar-refractivity contribution < 1.29 is 27.6 Å². The van der Waals surface area contributed by atoms with Gasteiger partial charge in [-0.15, -0.1) is 0 Å². The molecule has 0 saturated heterocycles. The Labute approximate surface area is 227 Å². The summed E-state index contributed by atoms with van der Waals surface area (Å²) in [6.45, 7) is 3.54. The van der Waals surface area contributed by atoms with Crippen LogP contribution >= 0.6 is 0 Å². The Morgan fingerprint density at radius 3 is 2.27 bits per heavy atom. The fraction of sp³-hybridized carbons (Fsp3) is 0.167. The van der Waals surface area contributed by atoms with Crippen molar-refractivity contribution in [2.24, 2.45) is 0 Å². The molecule has 0 aromatic heterocycles. The van der Waals surface area contributed by atoms with E-state index in [4.69, 9.17) is 4.74 Å². The van der Waals surface area contributed by atoms with Gasteiger partial charge in [0.1, 0.15) is 5.75 Å². The molecule has 4 aromatic rings. The minimum Gasteiger partial charge on any atom is -0.422 e. The highest BCUT2D eigenvalue weighted by Crippen LogP contribution is 2.42. The van der Waals surface area contributed by atoms with Crippen molar-refractivity contribution in [3.05, 3.63) is 117 Å². The van der Waals surface area contributed by atoms with Crippen LogP contribution < -0.4 is 14.5 Å². The Morgan fingerprint density at radius 2 is 1.57 bits per heavy atom. The zero-order chi connectivity index (χ0) is 28.2. The van der Waals surface area contributed by atoms with Crippen LogP contribution in [0.15, 0.2) is 78.9 Å². The molecule has 7 nitrogen and oxygen atoms in total. The number of esters is 1. The van der Waals surface area contributed by atoms with Gasteiger partial charge in [0.15, 0.2) is 0 Å². The van der Waals surface area contributed by atoms with Crippen molar-refractivity contribution in [2.75, 3.05) is 16.5 Å². The molecule has 6 rings (SSSR count). The summed E-state index contributed by atoms with van der Waals surface area (Å²) in [6.07, 6.45) is -4.67. The molecule has 10 heteroatoms. The zero-order valence-electron chi connectivity index (χ0n) is 21.2. The molecule has 4 aromatic carbocycles. The molecule has 40 heavy (non-hydrogen) atoms. The van der Waals surface area contributed by atoms with Gasteiger partial charge >= 0.3 is 12.1 Å². The zero-order valence-corrected chi connectivity index (χ0v) is 21.2. The van der Waals surface area contributed by atoms with E-state index in [-0.39, 0.29) is 11.3 Å². The summed E-state index contributed by atoms with van der Waals surface area (Å²) in [4.78, 5) is 28.4. The summed E-state index contributed by atoms with van der Waals surface area (Å²) in [6, 6.07) is 20.4. The molecule has 2 aliphatic heterocycles. The van der Waals surface area contributed by atoms with Gasteiger partial charge in [0, 0.05) is 42.2 Å². The summed E-state index contributed by atoms with van der Waals surface area (Å²) >= 11 is 0. The minimum atomic E-state index is -4.67. The first-order valence-corrected chi connectivity index (χ1v) is 12.5. The summed E-state index contributed by atoms with van der Waals surface area (Å²) in [5.41, 5.74) is 5.06. The molecular weight excluding hydrogens is 523 g/mol. The molecule has 0 radical (unpaired) electrons. The van der Waals surface area contributed by atoms with Crippen LogP contribution in [-0.2, 0) is 19.3 Å². The number of aryl methyl sites for hydroxylation is 1. The van der Waals surface area contributed by atoms with E-state index in [1.54, 1.807) is 24.3 Å². The second-order valence-corrected chi connectivity index (χ2v) is 9.83. The number of benzene rings is 4. The third kappa shape index (κ3) is 4.41. The number of hydrogen-bond donors (Lipinski definition) is 0. The number of anilines is 2. The standard InChI is InChI=1S/C30H22F3N3O4/c1-18-5-4-6-23(29(37)40-27-8-3-2-7-24(27)30(31,32)33)28(18)19-9-11-25-20(13-19)15-34-17-35(25)16-21-14-22(36(38)39)10-12-26(21)34/h2-14H,15-17H2,1H3. The summed E-state index contributed by atoms with van der Waals surface area (Å²) < 4.78 is 45.7. The number of nitro groups is 1. The SMILES string of the molecule is Cc1cccc(C(=O)Oc2ccccc2C(F)(F)F)c1-c1ccc2c(c1)CN1CN2Cc2cc([N+](=O)[O-])ccc21. The third-order valence-electron chi connectivity index (χ3n) is 7.28. The molecule has 0 spiro atoms. The molecule has 0 unspecified atom stereocenters. The van der Waals surface area contributed by atoms with E-state index in [1.165, 1.54) is 18.2 Å². The van der Waals surface area contributed by atoms with Crippen molar-refractivity contribution in [2.45, 2.75) is 26.2 Å². The van der Waals surface area contributed by atoms with Crippen LogP contribution in [0.25, 0.3) is 11.1 Å². The second kappa shape index (κ2) is 9.41. The first-order valence-electron chi connectivity index (χ1n) is 12.5. The first-order chi connectivity index (χ1) is 19.1. The molecule has 202 valence electrons. The molecule has 0 atom stereocenters. The largest absolute Gasteiger partial charge is 0.422 e. The number of non-ortho nitro benzene ring substituents is 1. The van der Waals surface area contributed by atoms with Gasteiger partial charge in [-0.25, -0.2) is 4.79 Å². The van der Waals surface area contributed by atoms with E-state index < -0.39 is 28.4 Å². The number of carbonyl (C=O) groups excluding carboxylic acids is 1. The average Bonchev–Trinajstić information content (AvgIpc) is 2.92. The van der Waals surface area contributed by atoms with Crippen molar-refractivity contribution in [3.63, 3.8) is 0 Å². The number of hydrogen-bond acceptors (Lipinski definition) is 6. The average molecular weight is 546 g/mol. The highest BCUT2D eigenvalue weighted by Gasteiger charge is 2.35. The van der Waals surface area contributed by atoms with Gasteiger partial charge in [0.25, 0.3) is 5.69 Å². The quantitative estimate of drug-likeness (QED) is 0.118. The number of carbonyl (C=O) groups is 1. The lowest BCUT2D eigenvalue weighted by Gasteiger charge is -2.44. The van der Waals surface area contributed by atoms with Crippen LogP contribution in [0.5, 0.6) is 5.75 Å². The van der Waals surface area contributed by atoms with E-state index in [0.29, 0.717) is 25.3 Å². The molecular formula is C30H22F3N3O4. The van der Waals surface area contributed by atoms with Gasteiger partial charge in [-0.1, -0.05) is 30.3 Å². The minimum absolute atomic E-state index is 0.0496. The third-order valence-corrected chi connectivity index (χ3v) is 7.28. The van der Waals surface area contributed by atoms with Crippen LogP contribution in [0.1, 0.15) is 32.6 Å². The lowest BCUT2D eigenvalue weighted by molar-refractivity contribution is -0.384. The summed E-state index contributed by atoms with van der Waals surface area (Å²) in [5, 5.41) is 11.3. The molecule has 0 amide bonds. The van der Waals surface area contributed by atoms with Gasteiger partial charge in [0.2, 0.25) is 0 Å². The topological polar surface area (TPSA) is 75.9 Å². The predicted octanol–water partition coefficient (Wildman–Crippen LogP) is 7.11. The van der Waals surface area contributed by atoms with E-state index >= 15 is 0 Å². The fourth-order valence-electron chi connectivity index (χ4n) is 5.50. The number of alkyl halides is 3. The van der Waals surface area contributed by atoms with Gasteiger partial charge < -0.3 is 14.5 Å². The lowest BCUT2D eigenvalue weighted by Crippen LogP contribution is -2.46. The van der Waals surface area contributed by atoms with Gasteiger partial charge in [-0.2, -0.15) is 13.2 Å². The number of nitro benzene ring substituents is 1. The first kappa shape index (κ1) is 25.4. The monoisotopic (exact) mass is 545 g/mol. The van der Waals surface area contributed by atoms with E-state index in [1.807, 2.05) is 31.2 Å². The number of halogens is 3. The normalized spacial score (nSPS) is 13.9. The Hall–Kier alpha value is -4.86. The van der Waals surface area contributed by atoms with Crippen LogP contribution in [0.3, 0.4) is 0 Å². The van der Waals surface area contributed by atoms with Crippen molar-refractivity contribution >= 4 is 23.0 Å². The molecule has 0 fully saturated rings. The van der Waals surface area contributed by atoms with Crippen LogP contribution in [0.4, 0.5) is 30.2 Å². The van der Waals surface area contributed by atoms with Crippen LogP contribution in [0.2, 0.25) is 0 Å². The maximum atomic E-state index is 13.5. The smallest absolute Gasteiger partial charge is 0.419 e. The Kier molecular flexibility index (Phi) is 5.98. The summed E-state index contributed by atoms with van der Waals surface area (Å²) in [7, 11) is 0. The second-order valence-electron chi connectivity index (χ2n) is 9.83. The number of fused-ring (bicyclic) bond motifs is 6. The number of nitrogens with zero attached hydrogens (tertiary/aromatic N) is 3. The van der Waals surface area contributed by atoms with Crippen molar-refractivity contribution in [1.82, 2.24) is 0 Å². The molecule has 0 N–H and O–H groups in total. The van der Waals surface area contributed by atoms with Gasteiger partial charge in [-0.3, -0.25) is 10.1 Å². The van der Waals surface area contributed by atoms with Crippen LogP contribution in [-0.4, -0.2) is 17.6 Å². The fourth-order valence-corrected chi connectivity index (χ4v) is 5.50. The highest BCUT2D eigenvalue weighted by molar-refractivity contribution is 5.99. The van der Waals surface area contributed by atoms with Crippen molar-refractivity contribution in [1.29, 1.82) is 0 Å². The van der Waals surface area contributed by atoms with E-state index in [2.05, 4.69) is 9.80 Å². The molecule has 2 heterocycles. The molecule has 2 aliphatic rings. The molecule has 0 saturated carbocycles. The molecule has 2 bridgehead atoms. The van der Waals surface area contributed by atoms with Crippen LogP contribution in [0, 0.1) is 17.0 Å². The van der Waals surface area contributed by atoms with E-state index in [0.717, 1.165) is 45.8 Å². The molecule has 0 aliphatic carbocycles. The summed E-state index contributed by atoms with van der Waals surface area (Å²) in [5.74, 6) is -1.43. The number of rotatable bonds is 4. The maximum Gasteiger partial charge on any atom is 0.419 e. The van der Waals surface area contributed by atoms with Gasteiger partial charge in [-0.05, 0) is 65.6 Å². The number of ether oxygens (including phenoxy) is 1. The van der Waals surface area contributed by atoms with Crippen molar-refractivity contribution in [3.8, 4) is 16.9 Å². The van der Waals surface area contributed by atoms with Gasteiger partial charge in [0.05, 0.1) is 22.7 Å². The lowest BCUT2D eigenvalue weighted by atomic mass is 9.92. The highest BCUT2D eigenvalue weighted by atomic mass is 19.4. The Bertz CT molecular complexity index is 1690. The predicted molar refractivity (Wildman–Crippen MR) is 143 cm³/mol. The Balaban J connectivity index is 1.35. The Morgan fingerprint density at radius 1 is 0.900 bits per heavy atom.